The average Bonchev–Trinajstić information content (AvgIpc) is 2.75. The van der Waals surface area contributed by atoms with Crippen LogP contribution in [0, 0.1) is 17.3 Å². The van der Waals surface area contributed by atoms with Gasteiger partial charge in [0, 0.05) is 6.54 Å². The standard InChI is InChI=1S/C16H23N3O3/c1-9(2)7-10-11(15(10,3)4)12(20)19-6-5-16(8-19)13(21)17-14(22)18-16/h7,10-11H,5-6,8H2,1-4H3,(H2,17,18,21,22). The van der Waals surface area contributed by atoms with Gasteiger partial charge in [-0.25, -0.2) is 4.79 Å². The van der Waals surface area contributed by atoms with Crippen molar-refractivity contribution in [1.82, 2.24) is 15.5 Å². The topological polar surface area (TPSA) is 78.5 Å². The number of nitrogens with one attached hydrogen (secondary N) is 2. The van der Waals surface area contributed by atoms with Crippen LogP contribution in [0.15, 0.2) is 11.6 Å². The normalized spacial score (nSPS) is 35.4. The van der Waals surface area contributed by atoms with Crippen LogP contribution in [0.3, 0.4) is 0 Å². The van der Waals surface area contributed by atoms with Gasteiger partial charge in [0.25, 0.3) is 5.91 Å². The lowest BCUT2D eigenvalue weighted by Crippen LogP contribution is -2.49. The molecule has 3 rings (SSSR count). The summed E-state index contributed by atoms with van der Waals surface area (Å²) in [4.78, 5) is 37.8. The molecular weight excluding hydrogens is 282 g/mol. The number of carbonyl (C=O) groups excluding carboxylic acids is 3. The Hall–Kier alpha value is -1.85. The van der Waals surface area contributed by atoms with E-state index in [-0.39, 0.29) is 35.6 Å². The van der Waals surface area contributed by atoms with Crippen LogP contribution < -0.4 is 10.6 Å². The van der Waals surface area contributed by atoms with Gasteiger partial charge in [-0.15, -0.1) is 0 Å². The summed E-state index contributed by atoms with van der Waals surface area (Å²) in [5.74, 6) is 0.00768. The number of rotatable bonds is 2. The maximum atomic E-state index is 12.8. The van der Waals surface area contributed by atoms with E-state index in [0.717, 1.165) is 0 Å². The van der Waals surface area contributed by atoms with Gasteiger partial charge in [0.1, 0.15) is 5.54 Å². The van der Waals surface area contributed by atoms with E-state index in [2.05, 4.69) is 30.6 Å². The van der Waals surface area contributed by atoms with Crippen molar-refractivity contribution >= 4 is 17.8 Å². The molecule has 4 amide bonds. The molecule has 3 fully saturated rings. The molecular formula is C16H23N3O3. The van der Waals surface area contributed by atoms with Crippen molar-refractivity contribution in [1.29, 1.82) is 0 Å². The van der Waals surface area contributed by atoms with Gasteiger partial charge >= 0.3 is 6.03 Å². The number of hydrogen-bond donors (Lipinski definition) is 2. The first-order valence-corrected chi connectivity index (χ1v) is 7.75. The van der Waals surface area contributed by atoms with Crippen LogP contribution in [0.2, 0.25) is 0 Å². The van der Waals surface area contributed by atoms with Crippen LogP contribution in [0.1, 0.15) is 34.1 Å². The Labute approximate surface area is 130 Å². The largest absolute Gasteiger partial charge is 0.339 e. The first-order valence-electron chi connectivity index (χ1n) is 7.75. The van der Waals surface area contributed by atoms with Crippen molar-refractivity contribution in [3.05, 3.63) is 11.6 Å². The molecule has 120 valence electrons. The number of amides is 4. The summed E-state index contributed by atoms with van der Waals surface area (Å²) >= 11 is 0. The second-order valence-electron chi connectivity index (χ2n) is 7.57. The third-order valence-electron chi connectivity index (χ3n) is 5.29. The highest BCUT2D eigenvalue weighted by molar-refractivity contribution is 6.07. The zero-order valence-corrected chi connectivity index (χ0v) is 13.5. The molecule has 6 heteroatoms. The molecule has 0 bridgehead atoms. The third-order valence-corrected chi connectivity index (χ3v) is 5.29. The van der Waals surface area contributed by atoms with Crippen LogP contribution in [0.4, 0.5) is 4.79 Å². The number of hydrogen-bond acceptors (Lipinski definition) is 3. The minimum atomic E-state index is -0.919. The van der Waals surface area contributed by atoms with E-state index in [9.17, 15) is 14.4 Å². The Morgan fingerprint density at radius 3 is 2.55 bits per heavy atom. The predicted molar refractivity (Wildman–Crippen MR) is 80.8 cm³/mol. The summed E-state index contributed by atoms with van der Waals surface area (Å²) in [7, 11) is 0. The van der Waals surface area contributed by atoms with Crippen molar-refractivity contribution in [2.45, 2.75) is 39.7 Å². The van der Waals surface area contributed by atoms with E-state index >= 15 is 0 Å². The number of imide groups is 1. The first-order chi connectivity index (χ1) is 10.2. The van der Waals surface area contributed by atoms with Gasteiger partial charge in [-0.1, -0.05) is 25.5 Å². The molecule has 1 aliphatic carbocycles. The monoisotopic (exact) mass is 305 g/mol. The Bertz CT molecular complexity index is 591. The van der Waals surface area contributed by atoms with Crippen molar-refractivity contribution in [3.8, 4) is 0 Å². The molecule has 6 nitrogen and oxygen atoms in total. The summed E-state index contributed by atoms with van der Waals surface area (Å²) in [6.45, 7) is 9.08. The SMILES string of the molecule is CC(C)=CC1C(C(=O)N2CCC3(C2)NC(=O)NC3=O)C1(C)C. The maximum absolute atomic E-state index is 12.8. The molecule has 2 N–H and O–H groups in total. The van der Waals surface area contributed by atoms with Gasteiger partial charge in [-0.2, -0.15) is 0 Å². The Balaban J connectivity index is 1.72. The number of urea groups is 1. The lowest BCUT2D eigenvalue weighted by molar-refractivity contribution is -0.133. The van der Waals surface area contributed by atoms with Gasteiger partial charge in [0.2, 0.25) is 5.91 Å². The third kappa shape index (κ3) is 2.12. The number of allylic oxidation sites excluding steroid dienone is 2. The Morgan fingerprint density at radius 2 is 2.00 bits per heavy atom. The minimum Gasteiger partial charge on any atom is -0.339 e. The van der Waals surface area contributed by atoms with Crippen molar-refractivity contribution in [2.24, 2.45) is 17.3 Å². The van der Waals surface area contributed by atoms with Crippen molar-refractivity contribution in [3.63, 3.8) is 0 Å². The van der Waals surface area contributed by atoms with Crippen molar-refractivity contribution < 1.29 is 14.4 Å². The Kier molecular flexibility index (Phi) is 3.13. The highest BCUT2D eigenvalue weighted by Gasteiger charge is 2.63. The van der Waals surface area contributed by atoms with E-state index in [1.807, 2.05) is 13.8 Å². The molecule has 3 atom stereocenters. The number of carbonyl (C=O) groups is 3. The van der Waals surface area contributed by atoms with Gasteiger partial charge < -0.3 is 10.2 Å². The molecule has 3 aliphatic rings. The van der Waals surface area contributed by atoms with Gasteiger partial charge in [0.15, 0.2) is 0 Å². The highest BCUT2D eigenvalue weighted by Crippen LogP contribution is 2.60. The summed E-state index contributed by atoms with van der Waals surface area (Å²) in [6.07, 6.45) is 2.65. The molecule has 2 heterocycles. The Morgan fingerprint density at radius 1 is 1.32 bits per heavy atom. The maximum Gasteiger partial charge on any atom is 0.322 e. The van der Waals surface area contributed by atoms with Gasteiger partial charge in [0.05, 0.1) is 12.5 Å². The molecule has 3 unspecified atom stereocenters. The highest BCUT2D eigenvalue weighted by atomic mass is 16.2. The van der Waals surface area contributed by atoms with Crippen LogP contribution in [-0.2, 0) is 9.59 Å². The van der Waals surface area contributed by atoms with Crippen molar-refractivity contribution in [2.75, 3.05) is 13.1 Å². The fraction of sp³-hybridized carbons (Fsp3) is 0.688. The van der Waals surface area contributed by atoms with E-state index in [1.165, 1.54) is 5.57 Å². The second kappa shape index (κ2) is 4.57. The molecule has 0 aromatic heterocycles. The number of likely N-dealkylation sites (tertiary alicyclic amines) is 1. The average molecular weight is 305 g/mol. The fourth-order valence-electron chi connectivity index (χ4n) is 3.83. The second-order valence-corrected chi connectivity index (χ2v) is 7.57. The molecule has 2 saturated heterocycles. The predicted octanol–water partition coefficient (Wildman–Crippen LogP) is 1.04. The van der Waals surface area contributed by atoms with E-state index in [0.29, 0.717) is 13.0 Å². The quantitative estimate of drug-likeness (QED) is 0.591. The molecule has 0 aromatic carbocycles. The van der Waals surface area contributed by atoms with Gasteiger partial charge in [-0.05, 0) is 31.6 Å². The minimum absolute atomic E-state index is 0.0299. The van der Waals surface area contributed by atoms with Crippen LogP contribution >= 0.6 is 0 Å². The molecule has 1 saturated carbocycles. The molecule has 0 aromatic rings. The molecule has 22 heavy (non-hydrogen) atoms. The van der Waals surface area contributed by atoms with E-state index in [1.54, 1.807) is 4.90 Å². The molecule has 1 spiro atoms. The zero-order valence-electron chi connectivity index (χ0n) is 13.5. The summed E-state index contributed by atoms with van der Waals surface area (Å²) in [6, 6.07) is -0.464. The zero-order chi connectivity index (χ0) is 16.3. The summed E-state index contributed by atoms with van der Waals surface area (Å²) in [5.41, 5.74) is 0.261. The smallest absolute Gasteiger partial charge is 0.322 e. The van der Waals surface area contributed by atoms with E-state index < -0.39 is 11.6 Å². The summed E-state index contributed by atoms with van der Waals surface area (Å²) < 4.78 is 0. The number of nitrogens with zero attached hydrogens (tertiary/aromatic N) is 1. The first kappa shape index (κ1) is 15.1. The molecule has 2 aliphatic heterocycles. The summed E-state index contributed by atoms with van der Waals surface area (Å²) in [5, 5.41) is 4.95. The van der Waals surface area contributed by atoms with E-state index in [4.69, 9.17) is 0 Å². The van der Waals surface area contributed by atoms with Gasteiger partial charge in [-0.3, -0.25) is 14.9 Å². The lowest BCUT2D eigenvalue weighted by atomic mass is 9.99. The van der Waals surface area contributed by atoms with Crippen LogP contribution in [-0.4, -0.2) is 41.4 Å². The molecule has 0 radical (unpaired) electrons. The fourth-order valence-corrected chi connectivity index (χ4v) is 3.83. The lowest BCUT2D eigenvalue weighted by Gasteiger charge is -2.21. The van der Waals surface area contributed by atoms with Crippen LogP contribution in [0.5, 0.6) is 0 Å². The van der Waals surface area contributed by atoms with Crippen LogP contribution in [0.25, 0.3) is 0 Å².